The molecule has 1 aromatic carbocycles. The Labute approximate surface area is 101 Å². The van der Waals surface area contributed by atoms with Crippen molar-refractivity contribution in [3.8, 4) is 0 Å². The van der Waals surface area contributed by atoms with Gasteiger partial charge in [-0.3, -0.25) is 0 Å². The number of fused-ring (bicyclic) bond motifs is 1. The minimum Gasteiger partial charge on any atom is -0.477 e. The molecule has 1 aromatic heterocycles. The van der Waals surface area contributed by atoms with Crippen molar-refractivity contribution in [1.29, 1.82) is 0 Å². The van der Waals surface area contributed by atoms with Gasteiger partial charge < -0.3 is 5.11 Å². The molecule has 0 aliphatic rings. The van der Waals surface area contributed by atoms with Gasteiger partial charge in [-0.2, -0.15) is 13.2 Å². The second kappa shape index (κ2) is 4.14. The Morgan fingerprint density at radius 1 is 1.37 bits per heavy atom. The second-order valence-electron chi connectivity index (χ2n) is 3.58. The first-order chi connectivity index (χ1) is 8.70. The van der Waals surface area contributed by atoms with Crippen LogP contribution < -0.4 is 0 Å². The molecule has 0 radical (unpaired) electrons. The third-order valence-corrected chi connectivity index (χ3v) is 2.25. The van der Waals surface area contributed by atoms with Gasteiger partial charge in [0.15, 0.2) is 5.82 Å². The Morgan fingerprint density at radius 3 is 2.53 bits per heavy atom. The van der Waals surface area contributed by atoms with Gasteiger partial charge in [-0.15, -0.1) is 5.10 Å². The van der Waals surface area contributed by atoms with Crippen molar-refractivity contribution < 1.29 is 31.9 Å². The summed E-state index contributed by atoms with van der Waals surface area (Å²) >= 11 is 0. The summed E-state index contributed by atoms with van der Waals surface area (Å²) in [5.41, 5.74) is -2.59. The van der Waals surface area contributed by atoms with Crippen LogP contribution in [0.4, 0.5) is 22.0 Å². The zero-order valence-electron chi connectivity index (χ0n) is 8.87. The van der Waals surface area contributed by atoms with E-state index in [0.717, 1.165) is 0 Å². The van der Waals surface area contributed by atoms with E-state index in [-0.39, 0.29) is 4.68 Å². The summed E-state index contributed by atoms with van der Waals surface area (Å²) in [5, 5.41) is 14.7. The van der Waals surface area contributed by atoms with Gasteiger partial charge in [0.2, 0.25) is 0 Å². The molecule has 1 heterocycles. The molecule has 5 nitrogen and oxygen atoms in total. The molecule has 2 aromatic rings. The first-order valence-corrected chi connectivity index (χ1v) is 4.72. The average molecular weight is 281 g/mol. The summed E-state index contributed by atoms with van der Waals surface area (Å²) in [6.07, 6.45) is -4.65. The normalized spacial score (nSPS) is 12.1. The van der Waals surface area contributed by atoms with Gasteiger partial charge in [-0.1, -0.05) is 5.21 Å². The molecule has 0 aliphatic heterocycles. The summed E-state index contributed by atoms with van der Waals surface area (Å²) in [4.78, 5) is 10.6. The molecule has 0 saturated carbocycles. The van der Waals surface area contributed by atoms with Crippen molar-refractivity contribution in [3.63, 3.8) is 0 Å². The van der Waals surface area contributed by atoms with Crippen LogP contribution in [-0.2, 0) is 6.54 Å². The highest BCUT2D eigenvalue weighted by Gasteiger charge is 2.31. The molecule has 0 amide bonds. The van der Waals surface area contributed by atoms with Gasteiger partial charge in [0, 0.05) is 6.07 Å². The maximum Gasteiger partial charge on any atom is 0.408 e. The maximum absolute atomic E-state index is 13.6. The Bertz CT molecular complexity index is 664. The van der Waals surface area contributed by atoms with Crippen LogP contribution >= 0.6 is 0 Å². The Balaban J connectivity index is 2.66. The Kier molecular flexibility index (Phi) is 2.87. The molecule has 2 rings (SSSR count). The summed E-state index contributed by atoms with van der Waals surface area (Å²) in [7, 11) is 0. The van der Waals surface area contributed by atoms with E-state index in [1.807, 2.05) is 0 Å². The predicted octanol–water partition coefficient (Wildman–Crippen LogP) is 1.97. The van der Waals surface area contributed by atoms with E-state index >= 15 is 0 Å². The first-order valence-electron chi connectivity index (χ1n) is 4.72. The van der Waals surface area contributed by atoms with Crippen LogP contribution in [0, 0.1) is 11.6 Å². The van der Waals surface area contributed by atoms with Gasteiger partial charge in [0.25, 0.3) is 0 Å². The van der Waals surface area contributed by atoms with Gasteiger partial charge in [0.1, 0.15) is 23.4 Å². The molecule has 0 aliphatic carbocycles. The number of carboxylic acids is 1. The highest BCUT2D eigenvalue weighted by molar-refractivity contribution is 5.93. The number of aromatic nitrogens is 3. The number of hydrogen-bond donors (Lipinski definition) is 1. The van der Waals surface area contributed by atoms with Crippen LogP contribution in [-0.4, -0.2) is 32.2 Å². The number of halogens is 5. The summed E-state index contributed by atoms with van der Waals surface area (Å²) < 4.78 is 63.8. The Hall–Kier alpha value is -2.26. The lowest BCUT2D eigenvalue weighted by Gasteiger charge is -2.07. The number of carboxylic acid groups (broad SMARTS) is 1. The molecule has 0 saturated heterocycles. The highest BCUT2D eigenvalue weighted by atomic mass is 19.4. The van der Waals surface area contributed by atoms with E-state index in [9.17, 15) is 26.7 Å². The number of rotatable bonds is 2. The topological polar surface area (TPSA) is 68.0 Å². The summed E-state index contributed by atoms with van der Waals surface area (Å²) in [5.74, 6) is -4.94. The zero-order chi connectivity index (χ0) is 14.4. The highest BCUT2D eigenvalue weighted by Crippen LogP contribution is 2.25. The first kappa shape index (κ1) is 13.2. The minimum atomic E-state index is -4.65. The molecule has 19 heavy (non-hydrogen) atoms. The third kappa shape index (κ3) is 2.33. The molecule has 0 atom stereocenters. The fourth-order valence-corrected chi connectivity index (χ4v) is 1.52. The fourth-order valence-electron chi connectivity index (χ4n) is 1.52. The summed E-state index contributed by atoms with van der Waals surface area (Å²) in [6, 6.07) is 0.452. The van der Waals surface area contributed by atoms with Crippen LogP contribution in [0.3, 0.4) is 0 Å². The molecule has 10 heteroatoms. The van der Waals surface area contributed by atoms with Crippen molar-refractivity contribution in [1.82, 2.24) is 15.0 Å². The maximum atomic E-state index is 13.6. The third-order valence-electron chi connectivity index (χ3n) is 2.25. The molecule has 1 N–H and O–H groups in total. The van der Waals surface area contributed by atoms with E-state index in [4.69, 9.17) is 5.11 Å². The van der Waals surface area contributed by atoms with Crippen LogP contribution in [0.5, 0.6) is 0 Å². The molecular weight excluding hydrogens is 277 g/mol. The number of hydrogen-bond acceptors (Lipinski definition) is 3. The van der Waals surface area contributed by atoms with Crippen LogP contribution in [0.15, 0.2) is 6.07 Å². The van der Waals surface area contributed by atoms with Gasteiger partial charge >= 0.3 is 12.1 Å². The van der Waals surface area contributed by atoms with E-state index in [2.05, 4.69) is 10.3 Å². The Morgan fingerprint density at radius 2 is 2.00 bits per heavy atom. The van der Waals surface area contributed by atoms with Crippen molar-refractivity contribution in [2.24, 2.45) is 0 Å². The van der Waals surface area contributed by atoms with E-state index in [0.29, 0.717) is 6.07 Å². The quantitative estimate of drug-likeness (QED) is 0.854. The fraction of sp³-hybridized carbons (Fsp3) is 0.222. The number of benzene rings is 1. The largest absolute Gasteiger partial charge is 0.477 e. The zero-order valence-corrected chi connectivity index (χ0v) is 8.87. The van der Waals surface area contributed by atoms with Crippen LogP contribution in [0.2, 0.25) is 0 Å². The lowest BCUT2D eigenvalue weighted by Crippen LogP contribution is -2.18. The van der Waals surface area contributed by atoms with E-state index < -0.39 is 46.9 Å². The average Bonchev–Trinajstić information content (AvgIpc) is 2.58. The number of aromatic carboxylic acids is 1. The molecule has 0 bridgehead atoms. The molecule has 0 spiro atoms. The van der Waals surface area contributed by atoms with Crippen LogP contribution in [0.25, 0.3) is 11.0 Å². The SMILES string of the molecule is O=C(O)c1c(F)cc2c(nnn2CC(F)(F)F)c1F. The lowest BCUT2D eigenvalue weighted by atomic mass is 10.1. The van der Waals surface area contributed by atoms with E-state index in [1.165, 1.54) is 0 Å². The number of nitrogens with zero attached hydrogens (tertiary/aromatic N) is 3. The minimum absolute atomic E-state index is 0.243. The van der Waals surface area contributed by atoms with Crippen molar-refractivity contribution in [3.05, 3.63) is 23.3 Å². The van der Waals surface area contributed by atoms with Gasteiger partial charge in [-0.05, 0) is 0 Å². The predicted molar refractivity (Wildman–Crippen MR) is 50.5 cm³/mol. The molecule has 102 valence electrons. The molecule has 0 unspecified atom stereocenters. The molecule has 0 fully saturated rings. The second-order valence-corrected chi connectivity index (χ2v) is 3.58. The van der Waals surface area contributed by atoms with Gasteiger partial charge in [0.05, 0.1) is 5.52 Å². The van der Waals surface area contributed by atoms with Crippen molar-refractivity contribution >= 4 is 17.0 Å². The monoisotopic (exact) mass is 281 g/mol. The standard InChI is InChI=1S/C9H4F5N3O2/c10-3-1-4-7(6(11)5(3)8(18)19)15-16-17(4)2-9(12,13)14/h1H,2H2,(H,18,19). The van der Waals surface area contributed by atoms with Crippen LogP contribution in [0.1, 0.15) is 10.4 Å². The number of carbonyl (C=O) groups is 1. The summed E-state index contributed by atoms with van der Waals surface area (Å²) in [6.45, 7) is -1.59. The van der Waals surface area contributed by atoms with E-state index in [1.54, 1.807) is 0 Å². The van der Waals surface area contributed by atoms with Crippen molar-refractivity contribution in [2.75, 3.05) is 0 Å². The van der Waals surface area contributed by atoms with Gasteiger partial charge in [-0.25, -0.2) is 18.3 Å². The van der Waals surface area contributed by atoms with Crippen molar-refractivity contribution in [2.45, 2.75) is 12.7 Å². The number of alkyl halides is 3. The lowest BCUT2D eigenvalue weighted by molar-refractivity contribution is -0.142. The molecular formula is C9H4F5N3O2. The smallest absolute Gasteiger partial charge is 0.408 e.